The number of furan rings is 1. The second-order valence-electron chi connectivity index (χ2n) is 5.97. The normalized spacial score (nSPS) is 11.2. The fraction of sp³-hybridized carbons (Fsp3) is 0. The Morgan fingerprint density at radius 2 is 1.90 bits per heavy atom. The summed E-state index contributed by atoms with van der Waals surface area (Å²) >= 11 is 12.2. The highest BCUT2D eigenvalue weighted by Crippen LogP contribution is 2.31. The van der Waals surface area contributed by atoms with Gasteiger partial charge in [0.1, 0.15) is 11.5 Å². The molecular weight excluding hydrogens is 415 g/mol. The van der Waals surface area contributed by atoms with Crippen LogP contribution >= 0.6 is 23.2 Å². The third-order valence-corrected chi connectivity index (χ3v) is 4.65. The van der Waals surface area contributed by atoms with Crippen molar-refractivity contribution >= 4 is 46.1 Å². The molecule has 0 atom stereocenters. The van der Waals surface area contributed by atoms with E-state index in [2.05, 4.69) is 20.7 Å². The van der Waals surface area contributed by atoms with Gasteiger partial charge in [-0.15, -0.1) is 0 Å². The zero-order valence-corrected chi connectivity index (χ0v) is 16.2. The van der Waals surface area contributed by atoms with Crippen LogP contribution in [-0.4, -0.2) is 22.3 Å². The molecule has 0 saturated carbocycles. The van der Waals surface area contributed by atoms with Gasteiger partial charge in [0, 0.05) is 16.0 Å². The van der Waals surface area contributed by atoms with Gasteiger partial charge in [0.15, 0.2) is 5.69 Å². The molecule has 2 N–H and O–H groups in total. The number of hydrazone groups is 1. The van der Waals surface area contributed by atoms with Crippen molar-refractivity contribution in [3.63, 3.8) is 0 Å². The quantitative estimate of drug-likeness (QED) is 0.376. The number of aromatic amines is 1. The first-order valence-electron chi connectivity index (χ1n) is 8.39. The van der Waals surface area contributed by atoms with Crippen molar-refractivity contribution < 1.29 is 9.21 Å². The van der Waals surface area contributed by atoms with E-state index in [0.29, 0.717) is 37.9 Å². The maximum absolute atomic E-state index is 12.4. The maximum Gasteiger partial charge on any atom is 0.292 e. The van der Waals surface area contributed by atoms with Gasteiger partial charge in [-0.1, -0.05) is 41.4 Å². The highest BCUT2D eigenvalue weighted by Gasteiger charge is 2.13. The average molecular weight is 427 g/mol. The second-order valence-corrected chi connectivity index (χ2v) is 6.82. The first-order chi connectivity index (χ1) is 14.0. The number of carbonyl (C=O) groups excluding carboxylic acids is 1. The molecule has 0 bridgehead atoms. The number of nitrogens with zero attached hydrogens (tertiary/aromatic N) is 2. The minimum atomic E-state index is -0.571. The molecule has 4 rings (SSSR count). The zero-order chi connectivity index (χ0) is 20.4. The molecule has 0 spiro atoms. The highest BCUT2D eigenvalue weighted by atomic mass is 35.5. The van der Waals surface area contributed by atoms with Crippen molar-refractivity contribution in [2.75, 3.05) is 0 Å². The predicted octanol–water partition coefficient (Wildman–Crippen LogP) is 4.25. The van der Waals surface area contributed by atoms with Crippen LogP contribution in [0, 0.1) is 0 Å². The van der Waals surface area contributed by atoms with E-state index in [9.17, 15) is 9.59 Å². The molecule has 0 radical (unpaired) electrons. The summed E-state index contributed by atoms with van der Waals surface area (Å²) in [6, 6.07) is 15.1. The van der Waals surface area contributed by atoms with Gasteiger partial charge < -0.3 is 4.42 Å². The van der Waals surface area contributed by atoms with Crippen molar-refractivity contribution in [3.8, 4) is 11.3 Å². The third-order valence-electron chi connectivity index (χ3n) is 4.09. The summed E-state index contributed by atoms with van der Waals surface area (Å²) < 4.78 is 5.67. The number of rotatable bonds is 4. The Balaban J connectivity index is 1.52. The average Bonchev–Trinajstić information content (AvgIpc) is 3.19. The number of benzene rings is 2. The lowest BCUT2D eigenvalue weighted by atomic mass is 10.1. The molecular formula is C20H12Cl2N4O3. The standard InChI is InChI=1S/C20H12Cl2N4O3/c21-11-5-7-16(22)15(9-11)17-8-6-12(29-17)10-23-25-20(28)18-13-3-1-2-4-14(13)19(27)26-24-18/h1-10H,(H,25,28)(H,26,27). The van der Waals surface area contributed by atoms with Crippen molar-refractivity contribution in [2.45, 2.75) is 0 Å². The van der Waals surface area contributed by atoms with Crippen molar-refractivity contribution in [1.29, 1.82) is 0 Å². The van der Waals surface area contributed by atoms with Crippen molar-refractivity contribution in [2.24, 2.45) is 5.10 Å². The zero-order valence-electron chi connectivity index (χ0n) is 14.6. The van der Waals surface area contributed by atoms with E-state index in [1.807, 2.05) is 0 Å². The summed E-state index contributed by atoms with van der Waals surface area (Å²) in [4.78, 5) is 24.2. The van der Waals surface area contributed by atoms with Crippen LogP contribution < -0.4 is 11.0 Å². The molecule has 4 aromatic rings. The minimum Gasteiger partial charge on any atom is -0.455 e. The van der Waals surface area contributed by atoms with E-state index in [1.54, 1.807) is 54.6 Å². The number of hydrogen-bond acceptors (Lipinski definition) is 5. The van der Waals surface area contributed by atoms with Gasteiger partial charge in [-0.05, 0) is 36.4 Å². The smallest absolute Gasteiger partial charge is 0.292 e. The monoisotopic (exact) mass is 426 g/mol. The summed E-state index contributed by atoms with van der Waals surface area (Å²) in [6.07, 6.45) is 1.34. The number of nitrogens with one attached hydrogen (secondary N) is 2. The van der Waals surface area contributed by atoms with Crippen molar-refractivity contribution in [1.82, 2.24) is 15.6 Å². The van der Waals surface area contributed by atoms with Crippen LogP contribution in [0.4, 0.5) is 0 Å². The summed E-state index contributed by atoms with van der Waals surface area (Å²) in [5.74, 6) is 0.340. The lowest BCUT2D eigenvalue weighted by Gasteiger charge is -2.02. The predicted molar refractivity (Wildman–Crippen MR) is 112 cm³/mol. The van der Waals surface area contributed by atoms with Gasteiger partial charge in [0.05, 0.1) is 16.6 Å². The van der Waals surface area contributed by atoms with Gasteiger partial charge in [0.25, 0.3) is 11.5 Å². The minimum absolute atomic E-state index is 0.0585. The molecule has 0 fully saturated rings. The summed E-state index contributed by atoms with van der Waals surface area (Å²) in [6.45, 7) is 0. The molecule has 144 valence electrons. The van der Waals surface area contributed by atoms with Gasteiger partial charge in [-0.2, -0.15) is 10.2 Å². The van der Waals surface area contributed by atoms with Crippen LogP contribution in [0.25, 0.3) is 22.1 Å². The van der Waals surface area contributed by atoms with Crippen LogP contribution in [0.5, 0.6) is 0 Å². The molecule has 7 nitrogen and oxygen atoms in total. The molecule has 0 unspecified atom stereocenters. The highest BCUT2D eigenvalue weighted by molar-refractivity contribution is 6.35. The van der Waals surface area contributed by atoms with E-state index < -0.39 is 5.91 Å². The second kappa shape index (κ2) is 7.90. The third kappa shape index (κ3) is 3.91. The fourth-order valence-electron chi connectivity index (χ4n) is 2.75. The molecule has 0 aliphatic rings. The number of hydrogen-bond donors (Lipinski definition) is 2. The SMILES string of the molecule is O=C(NN=Cc1ccc(-c2cc(Cl)ccc2Cl)o1)c1n[nH]c(=O)c2ccccc12. The summed E-state index contributed by atoms with van der Waals surface area (Å²) in [5, 5.41) is 11.8. The fourth-order valence-corrected chi connectivity index (χ4v) is 3.13. The Morgan fingerprint density at radius 3 is 2.72 bits per heavy atom. The Hall–Kier alpha value is -3.42. The number of aromatic nitrogens is 2. The topological polar surface area (TPSA) is 100 Å². The van der Waals surface area contributed by atoms with E-state index in [0.717, 1.165) is 0 Å². The lowest BCUT2D eigenvalue weighted by Crippen LogP contribution is -2.22. The van der Waals surface area contributed by atoms with E-state index in [4.69, 9.17) is 27.6 Å². The van der Waals surface area contributed by atoms with Crippen LogP contribution in [0.15, 0.2) is 68.9 Å². The van der Waals surface area contributed by atoms with E-state index in [1.165, 1.54) is 6.21 Å². The van der Waals surface area contributed by atoms with Gasteiger partial charge >= 0.3 is 0 Å². The van der Waals surface area contributed by atoms with Crippen molar-refractivity contribution in [3.05, 3.63) is 86.5 Å². The number of amides is 1. The summed E-state index contributed by atoms with van der Waals surface area (Å²) in [7, 11) is 0. The first-order valence-corrected chi connectivity index (χ1v) is 9.14. The van der Waals surface area contributed by atoms with Gasteiger partial charge in [0.2, 0.25) is 0 Å². The largest absolute Gasteiger partial charge is 0.455 e. The molecule has 0 aliphatic carbocycles. The molecule has 0 saturated heterocycles. The number of H-pyrrole nitrogens is 1. The number of carbonyl (C=O) groups is 1. The molecule has 2 aromatic carbocycles. The van der Waals surface area contributed by atoms with Crippen LogP contribution in [0.1, 0.15) is 16.2 Å². The molecule has 2 aromatic heterocycles. The summed E-state index contributed by atoms with van der Waals surface area (Å²) in [5.41, 5.74) is 2.70. The Morgan fingerprint density at radius 1 is 1.10 bits per heavy atom. The van der Waals surface area contributed by atoms with Gasteiger partial charge in [-0.25, -0.2) is 10.5 Å². The molecule has 2 heterocycles. The molecule has 0 aliphatic heterocycles. The molecule has 1 amide bonds. The Labute approximate surface area is 174 Å². The van der Waals surface area contributed by atoms with E-state index >= 15 is 0 Å². The number of fused-ring (bicyclic) bond motifs is 1. The van der Waals surface area contributed by atoms with Crippen LogP contribution in [0.3, 0.4) is 0 Å². The Kier molecular flexibility index (Phi) is 5.16. The maximum atomic E-state index is 12.4. The van der Waals surface area contributed by atoms with Crippen LogP contribution in [0.2, 0.25) is 10.0 Å². The first kappa shape index (κ1) is 18.9. The van der Waals surface area contributed by atoms with E-state index in [-0.39, 0.29) is 11.3 Å². The Bertz CT molecular complexity index is 1310. The molecule has 9 heteroatoms. The molecule has 29 heavy (non-hydrogen) atoms. The lowest BCUT2D eigenvalue weighted by molar-refractivity contribution is 0.0951. The van der Waals surface area contributed by atoms with Gasteiger partial charge in [-0.3, -0.25) is 9.59 Å². The van der Waals surface area contributed by atoms with Crippen LogP contribution in [-0.2, 0) is 0 Å². The number of halogens is 2.